The first kappa shape index (κ1) is 17.0. The van der Waals surface area contributed by atoms with Crippen molar-refractivity contribution in [2.24, 2.45) is 22.4 Å². The summed E-state index contributed by atoms with van der Waals surface area (Å²) < 4.78 is 6.40. The van der Waals surface area contributed by atoms with Crippen molar-refractivity contribution in [3.05, 3.63) is 28.2 Å². The standard InChI is InChI=1S/C19H21BrN2O2/c1-3-10-24-16-8-7-14(20)11-13(16)12-21-22-18(23)17-15-6-4-5-9-19(15,17)2/h1,7-8,11-12,15,17H,4-6,9-10H2,2H3,(H,22,23)/b21-12-/t15-,17-,19+/m0/s1. The summed E-state index contributed by atoms with van der Waals surface area (Å²) in [6.45, 7) is 2.42. The van der Waals surface area contributed by atoms with E-state index in [0.717, 1.165) is 22.9 Å². The minimum atomic E-state index is 0.0294. The van der Waals surface area contributed by atoms with E-state index in [2.05, 4.69) is 39.3 Å². The number of nitrogens with one attached hydrogen (secondary N) is 1. The predicted molar refractivity (Wildman–Crippen MR) is 97.8 cm³/mol. The van der Waals surface area contributed by atoms with E-state index in [4.69, 9.17) is 11.2 Å². The number of hydrazone groups is 1. The number of terminal acetylenes is 1. The van der Waals surface area contributed by atoms with Crippen molar-refractivity contribution in [2.45, 2.75) is 32.6 Å². The molecule has 2 aliphatic carbocycles. The van der Waals surface area contributed by atoms with Crippen LogP contribution in [0.1, 0.15) is 38.2 Å². The highest BCUT2D eigenvalue weighted by Gasteiger charge is 2.64. The minimum Gasteiger partial charge on any atom is -0.480 e. The number of fused-ring (bicyclic) bond motifs is 1. The first-order chi connectivity index (χ1) is 11.6. The van der Waals surface area contributed by atoms with Crippen LogP contribution in [0.25, 0.3) is 0 Å². The van der Waals surface area contributed by atoms with Gasteiger partial charge in [0.25, 0.3) is 0 Å². The maximum Gasteiger partial charge on any atom is 0.244 e. The number of hydrogen-bond donors (Lipinski definition) is 1. The second kappa shape index (κ2) is 6.98. The van der Waals surface area contributed by atoms with E-state index >= 15 is 0 Å². The van der Waals surface area contributed by atoms with Gasteiger partial charge in [0.1, 0.15) is 12.4 Å². The van der Waals surface area contributed by atoms with Gasteiger partial charge < -0.3 is 4.74 Å². The zero-order valence-electron chi connectivity index (χ0n) is 13.7. The summed E-state index contributed by atoms with van der Waals surface area (Å²) in [7, 11) is 0. The van der Waals surface area contributed by atoms with Gasteiger partial charge in [0.15, 0.2) is 0 Å². The van der Waals surface area contributed by atoms with Gasteiger partial charge in [-0.3, -0.25) is 4.79 Å². The van der Waals surface area contributed by atoms with Crippen molar-refractivity contribution in [2.75, 3.05) is 6.61 Å². The summed E-state index contributed by atoms with van der Waals surface area (Å²) in [6, 6.07) is 5.57. The average Bonchev–Trinajstić information content (AvgIpc) is 3.19. The summed E-state index contributed by atoms with van der Waals surface area (Å²) in [5.74, 6) is 3.75. The Balaban J connectivity index is 1.63. The molecule has 3 rings (SSSR count). The molecule has 0 aromatic heterocycles. The van der Waals surface area contributed by atoms with E-state index in [-0.39, 0.29) is 23.8 Å². The first-order valence-corrected chi connectivity index (χ1v) is 9.04. The number of carbonyl (C=O) groups excluding carboxylic acids is 1. The maximum absolute atomic E-state index is 12.4. The van der Waals surface area contributed by atoms with E-state index < -0.39 is 0 Å². The van der Waals surface area contributed by atoms with Crippen molar-refractivity contribution >= 4 is 28.1 Å². The van der Waals surface area contributed by atoms with Crippen LogP contribution in [0.2, 0.25) is 0 Å². The molecule has 2 aliphatic rings. The van der Waals surface area contributed by atoms with Crippen molar-refractivity contribution in [1.29, 1.82) is 0 Å². The molecule has 1 N–H and O–H groups in total. The molecule has 2 fully saturated rings. The van der Waals surface area contributed by atoms with Crippen LogP contribution in [-0.2, 0) is 4.79 Å². The van der Waals surface area contributed by atoms with Gasteiger partial charge in [-0.25, -0.2) is 5.43 Å². The zero-order valence-corrected chi connectivity index (χ0v) is 15.3. The number of rotatable bonds is 5. The molecule has 1 aromatic rings. The Labute approximate surface area is 151 Å². The van der Waals surface area contributed by atoms with Crippen LogP contribution in [0.4, 0.5) is 0 Å². The Bertz CT molecular complexity index is 710. The fourth-order valence-corrected chi connectivity index (χ4v) is 4.34. The van der Waals surface area contributed by atoms with Crippen LogP contribution in [0.5, 0.6) is 5.75 Å². The van der Waals surface area contributed by atoms with Crippen LogP contribution in [-0.4, -0.2) is 18.7 Å². The summed E-state index contributed by atoms with van der Waals surface area (Å²) in [6.07, 6.45) is 11.6. The van der Waals surface area contributed by atoms with E-state index in [9.17, 15) is 4.79 Å². The number of hydrogen-bond acceptors (Lipinski definition) is 3. The van der Waals surface area contributed by atoms with Crippen LogP contribution in [0, 0.1) is 29.6 Å². The van der Waals surface area contributed by atoms with E-state index in [1.165, 1.54) is 12.8 Å². The lowest BCUT2D eigenvalue weighted by Crippen LogP contribution is -2.22. The largest absolute Gasteiger partial charge is 0.480 e. The topological polar surface area (TPSA) is 50.7 Å². The van der Waals surface area contributed by atoms with Crippen molar-refractivity contribution in [3.8, 4) is 18.1 Å². The highest BCUT2D eigenvalue weighted by Crippen LogP contribution is 2.66. The van der Waals surface area contributed by atoms with Crippen LogP contribution in [0.15, 0.2) is 27.8 Å². The number of nitrogens with zero attached hydrogens (tertiary/aromatic N) is 1. The molecular weight excluding hydrogens is 368 g/mol. The Morgan fingerprint density at radius 2 is 2.42 bits per heavy atom. The van der Waals surface area contributed by atoms with Gasteiger partial charge in [0.05, 0.1) is 6.21 Å². The number of amides is 1. The Morgan fingerprint density at radius 3 is 3.12 bits per heavy atom. The molecule has 0 spiro atoms. The molecule has 4 nitrogen and oxygen atoms in total. The van der Waals surface area contributed by atoms with E-state index in [1.807, 2.05) is 18.2 Å². The van der Waals surface area contributed by atoms with E-state index in [0.29, 0.717) is 11.7 Å². The zero-order chi connectivity index (χ0) is 17.2. The fourth-order valence-electron chi connectivity index (χ4n) is 3.96. The molecule has 0 heterocycles. The molecule has 2 saturated carbocycles. The smallest absolute Gasteiger partial charge is 0.244 e. The molecule has 1 amide bonds. The summed E-state index contributed by atoms with van der Waals surface area (Å²) >= 11 is 3.42. The first-order valence-electron chi connectivity index (χ1n) is 8.25. The highest BCUT2D eigenvalue weighted by atomic mass is 79.9. The van der Waals surface area contributed by atoms with Gasteiger partial charge in [-0.15, -0.1) is 6.42 Å². The molecule has 1 aromatic carbocycles. The highest BCUT2D eigenvalue weighted by molar-refractivity contribution is 9.10. The molecule has 0 bridgehead atoms. The third-order valence-electron chi connectivity index (χ3n) is 5.28. The molecule has 0 radical (unpaired) electrons. The molecule has 24 heavy (non-hydrogen) atoms. The second-order valence-electron chi connectivity index (χ2n) is 6.74. The lowest BCUT2D eigenvalue weighted by molar-refractivity contribution is -0.123. The van der Waals surface area contributed by atoms with Gasteiger partial charge in [0.2, 0.25) is 5.91 Å². The average molecular weight is 389 g/mol. The van der Waals surface area contributed by atoms with Crippen LogP contribution < -0.4 is 10.2 Å². The number of benzene rings is 1. The van der Waals surface area contributed by atoms with Crippen LogP contribution >= 0.6 is 15.9 Å². The van der Waals surface area contributed by atoms with Gasteiger partial charge in [-0.2, -0.15) is 5.10 Å². The summed E-state index contributed by atoms with van der Waals surface area (Å²) in [5.41, 5.74) is 3.65. The monoisotopic (exact) mass is 388 g/mol. The second-order valence-corrected chi connectivity index (χ2v) is 7.66. The third kappa shape index (κ3) is 3.34. The fraction of sp³-hybridized carbons (Fsp3) is 0.474. The van der Waals surface area contributed by atoms with Crippen molar-refractivity contribution in [1.82, 2.24) is 5.43 Å². The lowest BCUT2D eigenvalue weighted by atomic mass is 9.90. The number of halogens is 1. The predicted octanol–water partition coefficient (Wildman–Crippen LogP) is 3.74. The van der Waals surface area contributed by atoms with Gasteiger partial charge in [-0.05, 0) is 42.4 Å². The van der Waals surface area contributed by atoms with E-state index in [1.54, 1.807) is 6.21 Å². The number of carbonyl (C=O) groups is 1. The van der Waals surface area contributed by atoms with Gasteiger partial charge in [-0.1, -0.05) is 41.6 Å². The van der Waals surface area contributed by atoms with Gasteiger partial charge in [0, 0.05) is 16.0 Å². The summed E-state index contributed by atoms with van der Waals surface area (Å²) in [5, 5.41) is 4.12. The molecule has 126 valence electrons. The quantitative estimate of drug-likeness (QED) is 0.474. The van der Waals surface area contributed by atoms with Crippen molar-refractivity contribution < 1.29 is 9.53 Å². The SMILES string of the molecule is C#CCOc1ccc(Br)cc1/C=N\NC(=O)[C@@H]1[C@@H]2CCCC[C@@]12C. The Kier molecular flexibility index (Phi) is 4.96. The summed E-state index contributed by atoms with van der Waals surface area (Å²) in [4.78, 5) is 12.4. The molecule has 3 atom stereocenters. The van der Waals surface area contributed by atoms with Crippen molar-refractivity contribution in [3.63, 3.8) is 0 Å². The molecule has 0 saturated heterocycles. The molecule has 5 heteroatoms. The Morgan fingerprint density at radius 1 is 1.58 bits per heavy atom. The van der Waals surface area contributed by atoms with Gasteiger partial charge >= 0.3 is 0 Å². The normalized spacial score (nSPS) is 28.0. The Hall–Kier alpha value is -1.80. The third-order valence-corrected chi connectivity index (χ3v) is 5.77. The molecular formula is C19H21BrN2O2. The lowest BCUT2D eigenvalue weighted by Gasteiger charge is -2.15. The molecule has 0 unspecified atom stereocenters. The van der Waals surface area contributed by atoms with Crippen LogP contribution in [0.3, 0.4) is 0 Å². The minimum absolute atomic E-state index is 0.0294. The maximum atomic E-state index is 12.4. The number of ether oxygens (including phenoxy) is 1. The molecule has 0 aliphatic heterocycles.